The third kappa shape index (κ3) is 3.42. The predicted molar refractivity (Wildman–Crippen MR) is 82.3 cm³/mol. The molecule has 0 spiro atoms. The van der Waals surface area contributed by atoms with Gasteiger partial charge in [-0.1, -0.05) is 13.8 Å². The van der Waals surface area contributed by atoms with E-state index in [2.05, 4.69) is 10.3 Å². The Morgan fingerprint density at radius 1 is 1.43 bits per heavy atom. The van der Waals surface area contributed by atoms with Gasteiger partial charge < -0.3 is 5.32 Å². The number of carbonyl (C=O) groups excluding carboxylic acids is 1. The summed E-state index contributed by atoms with van der Waals surface area (Å²) in [5.74, 6) is -0.199. The quantitative estimate of drug-likeness (QED) is 0.888. The minimum Gasteiger partial charge on any atom is -0.302 e. The summed E-state index contributed by atoms with van der Waals surface area (Å²) in [5.41, 5.74) is 0.879. The van der Waals surface area contributed by atoms with Crippen molar-refractivity contribution < 1.29 is 13.2 Å². The number of fused-ring (bicyclic) bond motifs is 1. The molecule has 2 heterocycles. The fraction of sp³-hybridized carbons (Fsp3) is 0.667. The molecule has 7 nitrogen and oxygen atoms in total. The van der Waals surface area contributed by atoms with Gasteiger partial charge >= 0.3 is 0 Å². The second-order valence-electron chi connectivity index (χ2n) is 5.41. The molecule has 0 unspecified atom stereocenters. The molecule has 1 aromatic rings. The van der Waals surface area contributed by atoms with Gasteiger partial charge in [-0.3, -0.25) is 4.79 Å². The lowest BCUT2D eigenvalue weighted by atomic mass is 10.2. The van der Waals surface area contributed by atoms with E-state index >= 15 is 0 Å². The number of anilines is 1. The van der Waals surface area contributed by atoms with E-state index in [4.69, 9.17) is 0 Å². The zero-order chi connectivity index (χ0) is 15.8. The summed E-state index contributed by atoms with van der Waals surface area (Å²) in [5, 5.41) is 3.31. The van der Waals surface area contributed by atoms with Gasteiger partial charge in [-0.05, 0) is 0 Å². The Labute approximate surface area is 129 Å². The number of nitrogens with zero attached hydrogens (tertiary/aromatic N) is 3. The van der Waals surface area contributed by atoms with Crippen LogP contribution in [-0.4, -0.2) is 48.6 Å². The maximum atomic E-state index is 12.1. The zero-order valence-corrected chi connectivity index (χ0v) is 14.2. The third-order valence-electron chi connectivity index (χ3n) is 3.24. The first-order valence-corrected chi connectivity index (χ1v) is 8.90. The topological polar surface area (TPSA) is 82.6 Å². The van der Waals surface area contributed by atoms with Crippen molar-refractivity contribution in [3.63, 3.8) is 0 Å². The lowest BCUT2D eigenvalue weighted by Crippen LogP contribution is -2.42. The van der Waals surface area contributed by atoms with Gasteiger partial charge in [0.05, 0.1) is 12.2 Å². The summed E-state index contributed by atoms with van der Waals surface area (Å²) in [4.78, 5) is 17.0. The average Bonchev–Trinajstić information content (AvgIpc) is 2.79. The Kier molecular flexibility index (Phi) is 4.66. The van der Waals surface area contributed by atoms with Crippen molar-refractivity contribution in [1.29, 1.82) is 0 Å². The summed E-state index contributed by atoms with van der Waals surface area (Å²) in [6.45, 7) is 4.35. The number of hydrogen-bond donors (Lipinski definition) is 1. The molecule has 1 aliphatic heterocycles. The molecule has 2 rings (SSSR count). The molecule has 1 aromatic heterocycles. The number of amides is 1. The van der Waals surface area contributed by atoms with Gasteiger partial charge in [0.25, 0.3) is 10.2 Å². The fourth-order valence-corrected chi connectivity index (χ4v) is 4.09. The molecule has 9 heteroatoms. The SMILES string of the molecule is CC(C)C(=O)Nc1nc2c(s1)CN(S(=O)(=O)N(C)C)CC2. The van der Waals surface area contributed by atoms with Crippen LogP contribution in [0.3, 0.4) is 0 Å². The van der Waals surface area contributed by atoms with Crippen LogP contribution in [0.15, 0.2) is 0 Å². The van der Waals surface area contributed by atoms with Crippen molar-refractivity contribution in [2.45, 2.75) is 26.8 Å². The third-order valence-corrected chi connectivity index (χ3v) is 6.12. The second-order valence-corrected chi connectivity index (χ2v) is 8.63. The smallest absolute Gasteiger partial charge is 0.281 e. The lowest BCUT2D eigenvalue weighted by molar-refractivity contribution is -0.118. The Morgan fingerprint density at radius 3 is 2.67 bits per heavy atom. The molecule has 0 saturated heterocycles. The Bertz CT molecular complexity index is 637. The van der Waals surface area contributed by atoms with E-state index in [0.717, 1.165) is 10.6 Å². The van der Waals surface area contributed by atoms with Crippen molar-refractivity contribution in [1.82, 2.24) is 13.6 Å². The second kappa shape index (κ2) is 5.99. The highest BCUT2D eigenvalue weighted by molar-refractivity contribution is 7.86. The molecular formula is C12H20N4O3S2. The highest BCUT2D eigenvalue weighted by atomic mass is 32.2. The van der Waals surface area contributed by atoms with E-state index in [1.807, 2.05) is 13.8 Å². The molecule has 118 valence electrons. The largest absolute Gasteiger partial charge is 0.302 e. The zero-order valence-electron chi connectivity index (χ0n) is 12.6. The van der Waals surface area contributed by atoms with Crippen LogP contribution in [0.4, 0.5) is 5.13 Å². The van der Waals surface area contributed by atoms with Crippen LogP contribution in [0.1, 0.15) is 24.4 Å². The van der Waals surface area contributed by atoms with Crippen molar-refractivity contribution in [3.05, 3.63) is 10.6 Å². The van der Waals surface area contributed by atoms with Gasteiger partial charge in [-0.2, -0.15) is 17.0 Å². The molecule has 1 amide bonds. The van der Waals surface area contributed by atoms with E-state index in [1.54, 1.807) is 0 Å². The first-order chi connectivity index (χ1) is 9.71. The van der Waals surface area contributed by atoms with Crippen molar-refractivity contribution in [2.24, 2.45) is 5.92 Å². The molecular weight excluding hydrogens is 312 g/mol. The number of nitrogens with one attached hydrogen (secondary N) is 1. The highest BCUT2D eigenvalue weighted by Crippen LogP contribution is 2.30. The molecule has 1 aliphatic rings. The van der Waals surface area contributed by atoms with Gasteiger partial charge in [0.2, 0.25) is 5.91 Å². The molecule has 21 heavy (non-hydrogen) atoms. The van der Waals surface area contributed by atoms with Crippen LogP contribution < -0.4 is 5.32 Å². The fourth-order valence-electron chi connectivity index (χ4n) is 1.90. The summed E-state index contributed by atoms with van der Waals surface area (Å²) >= 11 is 1.34. The number of aromatic nitrogens is 1. The van der Waals surface area contributed by atoms with E-state index in [-0.39, 0.29) is 11.8 Å². The van der Waals surface area contributed by atoms with Crippen LogP contribution in [0.5, 0.6) is 0 Å². The normalized spacial score (nSPS) is 16.3. The molecule has 0 radical (unpaired) electrons. The Balaban J connectivity index is 2.16. The van der Waals surface area contributed by atoms with Crippen molar-refractivity contribution in [3.8, 4) is 0 Å². The van der Waals surface area contributed by atoms with Crippen molar-refractivity contribution >= 4 is 32.6 Å². The highest BCUT2D eigenvalue weighted by Gasteiger charge is 2.30. The van der Waals surface area contributed by atoms with Gasteiger partial charge in [0.15, 0.2) is 5.13 Å². The van der Waals surface area contributed by atoms with Gasteiger partial charge in [0.1, 0.15) is 0 Å². The maximum Gasteiger partial charge on any atom is 0.281 e. The van der Waals surface area contributed by atoms with Gasteiger partial charge in [-0.25, -0.2) is 4.98 Å². The van der Waals surface area contributed by atoms with Gasteiger partial charge in [0, 0.05) is 37.9 Å². The van der Waals surface area contributed by atoms with Crippen LogP contribution in [0.2, 0.25) is 0 Å². The summed E-state index contributed by atoms with van der Waals surface area (Å²) in [6.07, 6.45) is 0.566. The first-order valence-electron chi connectivity index (χ1n) is 6.69. The minimum absolute atomic E-state index is 0.0844. The first kappa shape index (κ1) is 16.3. The number of thiazole rings is 1. The Hall–Kier alpha value is -1.03. The summed E-state index contributed by atoms with van der Waals surface area (Å²) in [7, 11) is -0.372. The lowest BCUT2D eigenvalue weighted by Gasteiger charge is -2.27. The molecule has 0 bridgehead atoms. The number of rotatable bonds is 4. The molecule has 0 saturated carbocycles. The molecule has 0 atom stereocenters. The van der Waals surface area contributed by atoms with E-state index in [1.165, 1.54) is 34.0 Å². The monoisotopic (exact) mass is 332 g/mol. The van der Waals surface area contributed by atoms with E-state index < -0.39 is 10.2 Å². The van der Waals surface area contributed by atoms with Crippen LogP contribution in [0, 0.1) is 5.92 Å². The van der Waals surface area contributed by atoms with Crippen LogP contribution in [0.25, 0.3) is 0 Å². The Morgan fingerprint density at radius 2 is 2.10 bits per heavy atom. The standard InChI is InChI=1S/C12H20N4O3S2/c1-8(2)11(17)14-12-13-9-5-6-16(7-10(9)20-12)21(18,19)15(3)4/h8H,5-7H2,1-4H3,(H,13,14,17). The molecule has 1 N–H and O–H groups in total. The summed E-state index contributed by atoms with van der Waals surface area (Å²) < 4.78 is 26.9. The molecule has 0 aliphatic carbocycles. The van der Waals surface area contributed by atoms with Gasteiger partial charge in [-0.15, -0.1) is 11.3 Å². The van der Waals surface area contributed by atoms with Crippen LogP contribution in [-0.2, 0) is 28.0 Å². The summed E-state index contributed by atoms with van der Waals surface area (Å²) in [6, 6.07) is 0. The number of hydrogen-bond acceptors (Lipinski definition) is 5. The van der Waals surface area contributed by atoms with E-state index in [9.17, 15) is 13.2 Å². The predicted octanol–water partition coefficient (Wildman–Crippen LogP) is 0.902. The minimum atomic E-state index is -3.41. The van der Waals surface area contributed by atoms with Crippen LogP contribution >= 0.6 is 11.3 Å². The molecule has 0 aromatic carbocycles. The maximum absolute atomic E-state index is 12.1. The average molecular weight is 332 g/mol. The van der Waals surface area contributed by atoms with E-state index in [0.29, 0.717) is 24.6 Å². The number of carbonyl (C=O) groups is 1. The molecule has 0 fully saturated rings. The van der Waals surface area contributed by atoms with Crippen molar-refractivity contribution in [2.75, 3.05) is 26.0 Å².